The number of aliphatic hydroxyl groups excluding tert-OH is 1. The Morgan fingerprint density at radius 2 is 1.88 bits per heavy atom. The van der Waals surface area contributed by atoms with Gasteiger partial charge in [-0.1, -0.05) is 12.1 Å². The van der Waals surface area contributed by atoms with Crippen molar-refractivity contribution in [2.24, 2.45) is 0 Å². The lowest BCUT2D eigenvalue weighted by molar-refractivity contribution is 0.0850. The average Bonchev–Trinajstić information content (AvgIpc) is 2.83. The Morgan fingerprint density at radius 1 is 1.06 bits per heavy atom. The molecule has 4 rings (SSSR count). The van der Waals surface area contributed by atoms with Crippen LogP contribution in [0.25, 0.3) is 22.3 Å². The number of aliphatic hydroxyl groups is 1. The molecule has 1 fully saturated rings. The standard InChI is InChI=1S/C26H33N5O2/c1-31(2)17-22-13-19(3-4-23(22)18-6-11-33-12-7-18)21-14-24(26(27)30-16-21)20-5-8-28-25(15-20)29-9-10-32/h3-5,8,13-16,18,32H,6-7,9-12,17H2,1-2H3,(H2,27,30)(H,28,29). The lowest BCUT2D eigenvalue weighted by Gasteiger charge is -2.26. The first kappa shape index (κ1) is 23.2. The van der Waals surface area contributed by atoms with Crippen molar-refractivity contribution in [2.75, 3.05) is 51.5 Å². The third-order valence-electron chi connectivity index (χ3n) is 6.03. The van der Waals surface area contributed by atoms with Crippen molar-refractivity contribution >= 4 is 11.6 Å². The van der Waals surface area contributed by atoms with Gasteiger partial charge in [-0.05, 0) is 79.4 Å². The van der Waals surface area contributed by atoms with Crippen LogP contribution in [0.3, 0.4) is 0 Å². The Hall–Kier alpha value is -3.00. The van der Waals surface area contributed by atoms with Crippen molar-refractivity contribution in [3.63, 3.8) is 0 Å². The second-order valence-electron chi connectivity index (χ2n) is 8.77. The number of hydrogen-bond acceptors (Lipinski definition) is 7. The summed E-state index contributed by atoms with van der Waals surface area (Å²) in [6.07, 6.45) is 5.72. The van der Waals surface area contributed by atoms with Gasteiger partial charge in [-0.3, -0.25) is 0 Å². The summed E-state index contributed by atoms with van der Waals surface area (Å²) in [5.74, 6) is 1.72. The van der Waals surface area contributed by atoms with E-state index in [1.165, 1.54) is 11.1 Å². The molecule has 0 unspecified atom stereocenters. The molecule has 1 aliphatic heterocycles. The minimum atomic E-state index is 0.0459. The molecule has 0 aliphatic carbocycles. The Bertz CT molecular complexity index is 1080. The summed E-state index contributed by atoms with van der Waals surface area (Å²) in [5.41, 5.74) is 13.0. The fourth-order valence-corrected chi connectivity index (χ4v) is 4.41. The van der Waals surface area contributed by atoms with Crippen molar-refractivity contribution in [2.45, 2.75) is 25.3 Å². The summed E-state index contributed by atoms with van der Waals surface area (Å²) < 4.78 is 5.58. The van der Waals surface area contributed by atoms with Gasteiger partial charge in [-0.2, -0.15) is 0 Å². The SMILES string of the molecule is CN(C)Cc1cc(-c2cnc(N)c(-c3ccnc(NCCO)c3)c2)ccc1C1CCOCC1. The fourth-order valence-electron chi connectivity index (χ4n) is 4.41. The molecule has 0 bridgehead atoms. The topological polar surface area (TPSA) is 96.5 Å². The Balaban J connectivity index is 1.69. The van der Waals surface area contributed by atoms with Gasteiger partial charge in [0.2, 0.25) is 0 Å². The van der Waals surface area contributed by atoms with Gasteiger partial charge in [0.05, 0.1) is 6.61 Å². The first-order valence-electron chi connectivity index (χ1n) is 11.5. The zero-order valence-corrected chi connectivity index (χ0v) is 19.4. The zero-order chi connectivity index (χ0) is 23.2. The number of benzene rings is 1. The molecule has 4 N–H and O–H groups in total. The van der Waals surface area contributed by atoms with Gasteiger partial charge in [0.1, 0.15) is 11.6 Å². The molecule has 2 aromatic heterocycles. The molecular weight excluding hydrogens is 414 g/mol. The van der Waals surface area contributed by atoms with Crippen molar-refractivity contribution in [3.8, 4) is 22.3 Å². The van der Waals surface area contributed by atoms with E-state index in [1.807, 2.05) is 18.3 Å². The highest BCUT2D eigenvalue weighted by Gasteiger charge is 2.20. The minimum absolute atomic E-state index is 0.0459. The highest BCUT2D eigenvalue weighted by atomic mass is 16.5. The van der Waals surface area contributed by atoms with E-state index in [-0.39, 0.29) is 6.61 Å². The lowest BCUT2D eigenvalue weighted by atomic mass is 9.86. The molecule has 174 valence electrons. The van der Waals surface area contributed by atoms with Crippen LogP contribution < -0.4 is 11.1 Å². The predicted molar refractivity (Wildman–Crippen MR) is 133 cm³/mol. The Labute approximate surface area is 195 Å². The number of hydrogen-bond donors (Lipinski definition) is 3. The molecular formula is C26H33N5O2. The smallest absolute Gasteiger partial charge is 0.131 e. The monoisotopic (exact) mass is 447 g/mol. The summed E-state index contributed by atoms with van der Waals surface area (Å²) in [6, 6.07) is 12.7. The molecule has 7 nitrogen and oxygen atoms in total. The molecule has 0 atom stereocenters. The predicted octanol–water partition coefficient (Wildman–Crippen LogP) is 3.75. The Morgan fingerprint density at radius 3 is 2.64 bits per heavy atom. The van der Waals surface area contributed by atoms with Gasteiger partial charge in [0.25, 0.3) is 0 Å². The molecule has 7 heteroatoms. The van der Waals surface area contributed by atoms with E-state index in [0.29, 0.717) is 24.1 Å². The van der Waals surface area contributed by atoms with E-state index in [9.17, 15) is 0 Å². The highest BCUT2D eigenvalue weighted by molar-refractivity contribution is 5.80. The van der Waals surface area contributed by atoms with E-state index < -0.39 is 0 Å². The van der Waals surface area contributed by atoms with E-state index in [0.717, 1.165) is 54.9 Å². The first-order valence-corrected chi connectivity index (χ1v) is 11.5. The molecule has 0 amide bonds. The quantitative estimate of drug-likeness (QED) is 0.484. The van der Waals surface area contributed by atoms with Crippen LogP contribution in [0.2, 0.25) is 0 Å². The summed E-state index contributed by atoms with van der Waals surface area (Å²) in [7, 11) is 4.21. The largest absolute Gasteiger partial charge is 0.395 e. The molecule has 0 spiro atoms. The Kier molecular flexibility index (Phi) is 7.54. The van der Waals surface area contributed by atoms with Crippen LogP contribution in [0.1, 0.15) is 29.9 Å². The van der Waals surface area contributed by atoms with E-state index in [2.05, 4.69) is 58.5 Å². The van der Waals surface area contributed by atoms with Gasteiger partial charge >= 0.3 is 0 Å². The van der Waals surface area contributed by atoms with Crippen LogP contribution in [0.15, 0.2) is 48.8 Å². The van der Waals surface area contributed by atoms with Crippen molar-refractivity contribution in [1.29, 1.82) is 0 Å². The van der Waals surface area contributed by atoms with Crippen molar-refractivity contribution < 1.29 is 9.84 Å². The number of nitrogens with two attached hydrogens (primary N) is 1. The molecule has 0 radical (unpaired) electrons. The number of anilines is 2. The molecule has 1 aliphatic rings. The maximum absolute atomic E-state index is 9.07. The number of ether oxygens (including phenoxy) is 1. The van der Waals surface area contributed by atoms with Gasteiger partial charge in [0, 0.05) is 49.8 Å². The van der Waals surface area contributed by atoms with Gasteiger partial charge in [-0.25, -0.2) is 9.97 Å². The van der Waals surface area contributed by atoms with E-state index in [4.69, 9.17) is 15.6 Å². The van der Waals surface area contributed by atoms with Gasteiger partial charge in [-0.15, -0.1) is 0 Å². The van der Waals surface area contributed by atoms with E-state index in [1.54, 1.807) is 6.20 Å². The number of nitrogen functional groups attached to an aromatic ring is 1. The zero-order valence-electron chi connectivity index (χ0n) is 19.4. The number of rotatable bonds is 8. The van der Waals surface area contributed by atoms with E-state index >= 15 is 0 Å². The molecule has 1 aromatic carbocycles. The minimum Gasteiger partial charge on any atom is -0.395 e. The van der Waals surface area contributed by atoms with Crippen LogP contribution in [-0.2, 0) is 11.3 Å². The second kappa shape index (κ2) is 10.7. The molecule has 3 aromatic rings. The third-order valence-corrected chi connectivity index (χ3v) is 6.03. The van der Waals surface area contributed by atoms with Crippen molar-refractivity contribution in [1.82, 2.24) is 14.9 Å². The maximum atomic E-state index is 9.07. The van der Waals surface area contributed by atoms with Crippen LogP contribution in [0, 0.1) is 0 Å². The number of pyridine rings is 2. The summed E-state index contributed by atoms with van der Waals surface area (Å²) >= 11 is 0. The van der Waals surface area contributed by atoms with Gasteiger partial charge in [0.15, 0.2) is 0 Å². The van der Waals surface area contributed by atoms with Crippen LogP contribution in [0.5, 0.6) is 0 Å². The molecule has 0 saturated carbocycles. The average molecular weight is 448 g/mol. The van der Waals surface area contributed by atoms with Gasteiger partial charge < -0.3 is 25.8 Å². The molecule has 33 heavy (non-hydrogen) atoms. The van der Waals surface area contributed by atoms with Crippen LogP contribution >= 0.6 is 0 Å². The highest BCUT2D eigenvalue weighted by Crippen LogP contribution is 2.35. The first-order chi connectivity index (χ1) is 16.0. The van der Waals surface area contributed by atoms with Crippen LogP contribution in [-0.4, -0.2) is 60.4 Å². The van der Waals surface area contributed by atoms with Crippen LogP contribution in [0.4, 0.5) is 11.6 Å². The van der Waals surface area contributed by atoms with Crippen molar-refractivity contribution in [3.05, 3.63) is 59.9 Å². The maximum Gasteiger partial charge on any atom is 0.131 e. The number of nitrogens with zero attached hydrogens (tertiary/aromatic N) is 3. The third kappa shape index (κ3) is 5.68. The number of aromatic nitrogens is 2. The second-order valence-corrected chi connectivity index (χ2v) is 8.77. The molecule has 3 heterocycles. The lowest BCUT2D eigenvalue weighted by Crippen LogP contribution is -2.18. The summed E-state index contributed by atoms with van der Waals surface area (Å²) in [4.78, 5) is 11.0. The number of nitrogens with one attached hydrogen (secondary N) is 1. The fraction of sp³-hybridized carbons (Fsp3) is 0.385. The molecule has 1 saturated heterocycles. The summed E-state index contributed by atoms with van der Waals surface area (Å²) in [6.45, 7) is 3.04. The summed E-state index contributed by atoms with van der Waals surface area (Å²) in [5, 5.41) is 12.2. The normalized spacial score (nSPS) is 14.5.